The number of benzene rings is 2. The lowest BCUT2D eigenvalue weighted by atomic mass is 10.0. The molecule has 3 aromatic rings. The third-order valence-electron chi connectivity index (χ3n) is 4.57. The molecule has 2 N–H and O–H groups in total. The van der Waals surface area contributed by atoms with Gasteiger partial charge in [-0.05, 0) is 17.7 Å². The molecule has 0 saturated carbocycles. The zero-order chi connectivity index (χ0) is 18.3. The molecule has 1 aliphatic rings. The van der Waals surface area contributed by atoms with Crippen LogP contribution in [0.15, 0.2) is 48.7 Å². The first-order valence-corrected chi connectivity index (χ1v) is 8.52. The lowest BCUT2D eigenvalue weighted by Crippen LogP contribution is -2.32. The van der Waals surface area contributed by atoms with E-state index in [4.69, 9.17) is 11.6 Å². The van der Waals surface area contributed by atoms with Gasteiger partial charge in [-0.3, -0.25) is 9.69 Å². The summed E-state index contributed by atoms with van der Waals surface area (Å²) in [5, 5.41) is 4.18. The molecule has 132 valence electrons. The smallest absolute Gasteiger partial charge is 0.325 e. The van der Waals surface area contributed by atoms with Crippen molar-refractivity contribution in [3.63, 3.8) is 0 Å². The predicted molar refractivity (Wildman–Crippen MR) is 96.3 cm³/mol. The van der Waals surface area contributed by atoms with E-state index < -0.39 is 17.9 Å². The van der Waals surface area contributed by atoms with Crippen LogP contribution in [0.3, 0.4) is 0 Å². The number of aromatic amines is 1. The van der Waals surface area contributed by atoms with Gasteiger partial charge < -0.3 is 10.3 Å². The molecule has 0 spiro atoms. The van der Waals surface area contributed by atoms with E-state index in [9.17, 15) is 14.0 Å². The second kappa shape index (κ2) is 6.46. The van der Waals surface area contributed by atoms with Crippen molar-refractivity contribution in [3.8, 4) is 0 Å². The minimum atomic E-state index is -0.688. The van der Waals surface area contributed by atoms with E-state index in [0.29, 0.717) is 17.0 Å². The SMILES string of the molecule is O=C1N[C@@H](Cc2c[nH]c3c(Cl)cccc23)C(=O)N1Cc1ccccc1F. The van der Waals surface area contributed by atoms with Gasteiger partial charge in [0.2, 0.25) is 0 Å². The first-order valence-electron chi connectivity index (χ1n) is 8.14. The number of fused-ring (bicyclic) bond motifs is 1. The van der Waals surface area contributed by atoms with E-state index in [1.807, 2.05) is 12.1 Å². The summed E-state index contributed by atoms with van der Waals surface area (Å²) in [7, 11) is 0. The Morgan fingerprint density at radius 1 is 1.08 bits per heavy atom. The Morgan fingerprint density at radius 2 is 1.88 bits per heavy atom. The monoisotopic (exact) mass is 371 g/mol. The van der Waals surface area contributed by atoms with E-state index >= 15 is 0 Å². The summed E-state index contributed by atoms with van der Waals surface area (Å²) in [6, 6.07) is 10.4. The summed E-state index contributed by atoms with van der Waals surface area (Å²) < 4.78 is 13.8. The number of urea groups is 1. The van der Waals surface area contributed by atoms with Crippen LogP contribution in [0.4, 0.5) is 9.18 Å². The van der Waals surface area contributed by atoms with Crippen molar-refractivity contribution in [1.29, 1.82) is 0 Å². The van der Waals surface area contributed by atoms with E-state index in [0.717, 1.165) is 21.4 Å². The van der Waals surface area contributed by atoms with E-state index in [2.05, 4.69) is 10.3 Å². The Balaban J connectivity index is 1.55. The van der Waals surface area contributed by atoms with Crippen LogP contribution in [0.2, 0.25) is 5.02 Å². The molecule has 0 radical (unpaired) electrons. The van der Waals surface area contributed by atoms with Crippen molar-refractivity contribution in [2.24, 2.45) is 0 Å². The molecule has 1 atom stereocenters. The highest BCUT2D eigenvalue weighted by atomic mass is 35.5. The highest BCUT2D eigenvalue weighted by Crippen LogP contribution is 2.27. The van der Waals surface area contributed by atoms with Gasteiger partial charge in [0.15, 0.2) is 0 Å². The molecule has 0 bridgehead atoms. The van der Waals surface area contributed by atoms with Gasteiger partial charge in [-0.2, -0.15) is 0 Å². The van der Waals surface area contributed by atoms with E-state index in [1.165, 1.54) is 6.07 Å². The number of nitrogens with zero attached hydrogens (tertiary/aromatic N) is 1. The van der Waals surface area contributed by atoms with E-state index in [1.54, 1.807) is 30.5 Å². The van der Waals surface area contributed by atoms with Crippen LogP contribution in [0.25, 0.3) is 10.9 Å². The summed E-state index contributed by atoms with van der Waals surface area (Å²) >= 11 is 6.16. The van der Waals surface area contributed by atoms with Crippen LogP contribution in [-0.4, -0.2) is 27.9 Å². The summed E-state index contributed by atoms with van der Waals surface area (Å²) in [4.78, 5) is 29.0. The average molecular weight is 372 g/mol. The number of H-pyrrole nitrogens is 1. The Labute approximate surface area is 153 Å². The Hall–Kier alpha value is -2.86. The van der Waals surface area contributed by atoms with Crippen LogP contribution in [0.1, 0.15) is 11.1 Å². The largest absolute Gasteiger partial charge is 0.360 e. The van der Waals surface area contributed by atoms with Crippen molar-refractivity contribution in [3.05, 3.63) is 70.6 Å². The molecule has 4 rings (SSSR count). The van der Waals surface area contributed by atoms with Crippen molar-refractivity contribution in [2.75, 3.05) is 0 Å². The summed E-state index contributed by atoms with van der Waals surface area (Å²) in [6.07, 6.45) is 2.12. The van der Waals surface area contributed by atoms with E-state index in [-0.39, 0.29) is 12.5 Å². The Kier molecular flexibility index (Phi) is 4.12. The molecule has 2 aromatic carbocycles. The van der Waals surface area contributed by atoms with Crippen LogP contribution in [0.5, 0.6) is 0 Å². The molecule has 0 unspecified atom stereocenters. The fourth-order valence-corrected chi connectivity index (χ4v) is 3.46. The molecule has 1 saturated heterocycles. The lowest BCUT2D eigenvalue weighted by molar-refractivity contribution is -0.127. The maximum absolute atomic E-state index is 13.8. The molecule has 2 heterocycles. The number of hydrogen-bond acceptors (Lipinski definition) is 2. The fraction of sp³-hybridized carbons (Fsp3) is 0.158. The zero-order valence-corrected chi connectivity index (χ0v) is 14.4. The third kappa shape index (κ3) is 2.82. The Morgan fingerprint density at radius 3 is 2.69 bits per heavy atom. The number of hydrogen-bond donors (Lipinski definition) is 2. The number of carbonyl (C=O) groups excluding carboxylic acids is 2. The van der Waals surface area contributed by atoms with Crippen molar-refractivity contribution < 1.29 is 14.0 Å². The molecule has 1 aromatic heterocycles. The number of imide groups is 1. The fourth-order valence-electron chi connectivity index (χ4n) is 3.23. The maximum atomic E-state index is 13.8. The first kappa shape index (κ1) is 16.6. The zero-order valence-electron chi connectivity index (χ0n) is 13.6. The molecular formula is C19H15ClFN3O2. The molecule has 3 amide bonds. The molecule has 26 heavy (non-hydrogen) atoms. The Bertz CT molecular complexity index is 1020. The van der Waals surface area contributed by atoms with Gasteiger partial charge in [-0.1, -0.05) is 41.9 Å². The number of para-hydroxylation sites is 1. The van der Waals surface area contributed by atoms with Gasteiger partial charge in [-0.25, -0.2) is 9.18 Å². The number of aromatic nitrogens is 1. The second-order valence-corrected chi connectivity index (χ2v) is 6.61. The first-order chi connectivity index (χ1) is 12.5. The van der Waals surface area contributed by atoms with Crippen molar-refractivity contribution in [2.45, 2.75) is 19.0 Å². The molecule has 7 heteroatoms. The third-order valence-corrected chi connectivity index (χ3v) is 4.88. The molecule has 5 nitrogen and oxygen atoms in total. The van der Waals surface area contributed by atoms with Crippen LogP contribution in [0, 0.1) is 5.82 Å². The van der Waals surface area contributed by atoms with Crippen molar-refractivity contribution >= 4 is 34.4 Å². The quantitative estimate of drug-likeness (QED) is 0.688. The summed E-state index contributed by atoms with van der Waals surface area (Å²) in [5.74, 6) is -0.808. The molecule has 1 fully saturated rings. The van der Waals surface area contributed by atoms with Gasteiger partial charge in [0.05, 0.1) is 17.1 Å². The maximum Gasteiger partial charge on any atom is 0.325 e. The van der Waals surface area contributed by atoms with Gasteiger partial charge in [0.1, 0.15) is 11.9 Å². The number of carbonyl (C=O) groups is 2. The molecule has 0 aliphatic carbocycles. The normalized spacial score (nSPS) is 17.2. The van der Waals surface area contributed by atoms with Crippen LogP contribution < -0.4 is 5.32 Å². The van der Waals surface area contributed by atoms with Gasteiger partial charge in [-0.15, -0.1) is 0 Å². The molecular weight excluding hydrogens is 357 g/mol. The number of nitrogens with one attached hydrogen (secondary N) is 2. The van der Waals surface area contributed by atoms with Crippen LogP contribution >= 0.6 is 11.6 Å². The number of amides is 3. The van der Waals surface area contributed by atoms with Gasteiger partial charge >= 0.3 is 6.03 Å². The van der Waals surface area contributed by atoms with Gasteiger partial charge in [0.25, 0.3) is 5.91 Å². The van der Waals surface area contributed by atoms with Gasteiger partial charge in [0, 0.05) is 23.6 Å². The number of rotatable bonds is 4. The van der Waals surface area contributed by atoms with Crippen LogP contribution in [-0.2, 0) is 17.8 Å². The standard InChI is InChI=1S/C19H15ClFN3O2/c20-14-6-3-5-13-12(9-22-17(13)14)8-16-18(25)24(19(26)23-16)10-11-4-1-2-7-15(11)21/h1-7,9,16,22H,8,10H2,(H,23,26)/t16-/m0/s1. The van der Waals surface area contributed by atoms with Crippen molar-refractivity contribution in [1.82, 2.24) is 15.2 Å². The predicted octanol–water partition coefficient (Wildman–Crippen LogP) is 3.62. The highest BCUT2D eigenvalue weighted by Gasteiger charge is 2.38. The minimum absolute atomic E-state index is 0.0897. The summed E-state index contributed by atoms with van der Waals surface area (Å²) in [6.45, 7) is -0.0897. The topological polar surface area (TPSA) is 65.2 Å². The lowest BCUT2D eigenvalue weighted by Gasteiger charge is -2.13. The molecule has 1 aliphatic heterocycles. The highest BCUT2D eigenvalue weighted by molar-refractivity contribution is 6.35. The number of halogens is 2. The summed E-state index contributed by atoms with van der Waals surface area (Å²) in [5.41, 5.74) is 1.98. The second-order valence-electron chi connectivity index (χ2n) is 6.20. The average Bonchev–Trinajstić information content (AvgIpc) is 3.14. The minimum Gasteiger partial charge on any atom is -0.360 e.